The summed E-state index contributed by atoms with van der Waals surface area (Å²) in [6.45, 7) is -0.0910. The summed E-state index contributed by atoms with van der Waals surface area (Å²) in [4.78, 5) is 25.8. The summed E-state index contributed by atoms with van der Waals surface area (Å²) < 4.78 is 63.2. The summed E-state index contributed by atoms with van der Waals surface area (Å²) in [6.07, 6.45) is -4.64. The molecule has 2 N–H and O–H groups in total. The number of hydrogen-bond donors (Lipinski definition) is 2. The molecule has 11 nitrogen and oxygen atoms in total. The van der Waals surface area contributed by atoms with Crippen molar-refractivity contribution in [2.75, 3.05) is 39.5 Å². The lowest BCUT2D eigenvalue weighted by atomic mass is 10.1. The van der Waals surface area contributed by atoms with Crippen LogP contribution < -0.4 is 29.6 Å². The van der Waals surface area contributed by atoms with Crippen molar-refractivity contribution in [2.45, 2.75) is 17.9 Å². The number of nitrogens with zero attached hydrogens (tertiary/aromatic N) is 3. The Morgan fingerprint density at radius 1 is 0.864 bits per heavy atom. The van der Waals surface area contributed by atoms with Gasteiger partial charge in [-0.1, -0.05) is 36.0 Å². The van der Waals surface area contributed by atoms with E-state index in [1.165, 1.54) is 58.8 Å². The Balaban J connectivity index is 1.58. The van der Waals surface area contributed by atoms with Crippen molar-refractivity contribution in [3.63, 3.8) is 0 Å². The Bertz CT molecular complexity index is 1620. The fraction of sp³-hybridized carbons (Fsp3) is 0.241. The van der Waals surface area contributed by atoms with Gasteiger partial charge in [0.2, 0.25) is 11.7 Å². The number of benzene rings is 3. The first-order valence-corrected chi connectivity index (χ1v) is 13.8. The molecule has 0 saturated carbocycles. The number of para-hydroxylation sites is 3. The maximum Gasteiger partial charge on any atom is 0.418 e. The van der Waals surface area contributed by atoms with Gasteiger partial charge in [-0.15, -0.1) is 10.2 Å². The number of carbonyl (C=O) groups excluding carboxylic acids is 2. The second kappa shape index (κ2) is 14.0. The van der Waals surface area contributed by atoms with Gasteiger partial charge in [0.25, 0.3) is 5.91 Å². The van der Waals surface area contributed by atoms with E-state index in [9.17, 15) is 22.8 Å². The topological polar surface area (TPSA) is 126 Å². The molecule has 2 amide bonds. The maximum atomic E-state index is 13.4. The molecule has 1 heterocycles. The molecule has 15 heteroatoms. The Morgan fingerprint density at radius 3 is 2.14 bits per heavy atom. The number of rotatable bonds is 12. The van der Waals surface area contributed by atoms with E-state index in [0.29, 0.717) is 34.5 Å². The summed E-state index contributed by atoms with van der Waals surface area (Å²) in [5, 5.41) is 13.7. The molecule has 0 radical (unpaired) electrons. The second-order valence-corrected chi connectivity index (χ2v) is 9.83. The van der Waals surface area contributed by atoms with E-state index < -0.39 is 23.6 Å². The molecule has 0 spiro atoms. The summed E-state index contributed by atoms with van der Waals surface area (Å²) in [7, 11) is 5.80. The van der Waals surface area contributed by atoms with Crippen molar-refractivity contribution in [2.24, 2.45) is 0 Å². The van der Waals surface area contributed by atoms with Gasteiger partial charge < -0.3 is 29.6 Å². The van der Waals surface area contributed by atoms with E-state index in [4.69, 9.17) is 18.9 Å². The van der Waals surface area contributed by atoms with Crippen LogP contribution in [-0.4, -0.2) is 60.8 Å². The molecule has 0 atom stereocenters. The van der Waals surface area contributed by atoms with Gasteiger partial charge in [0.15, 0.2) is 22.5 Å². The fourth-order valence-electron chi connectivity index (χ4n) is 4.19. The van der Waals surface area contributed by atoms with Crippen LogP contribution in [0.2, 0.25) is 0 Å². The minimum Gasteiger partial charge on any atom is -0.495 e. The lowest BCUT2D eigenvalue weighted by Gasteiger charge is -2.15. The molecule has 0 aliphatic carbocycles. The highest BCUT2D eigenvalue weighted by atomic mass is 32.2. The van der Waals surface area contributed by atoms with Gasteiger partial charge in [0.05, 0.1) is 57.7 Å². The molecule has 0 aliphatic heterocycles. The average Bonchev–Trinajstić information content (AvgIpc) is 3.43. The molecule has 3 aromatic carbocycles. The summed E-state index contributed by atoms with van der Waals surface area (Å²) >= 11 is 0.948. The number of methoxy groups -OCH3 is 4. The van der Waals surface area contributed by atoms with Gasteiger partial charge in [-0.2, -0.15) is 13.2 Å². The Morgan fingerprint density at radius 2 is 1.50 bits per heavy atom. The number of hydrogen-bond acceptors (Lipinski definition) is 9. The van der Waals surface area contributed by atoms with E-state index in [-0.39, 0.29) is 28.7 Å². The zero-order valence-corrected chi connectivity index (χ0v) is 24.8. The van der Waals surface area contributed by atoms with Crippen LogP contribution in [0.15, 0.2) is 65.8 Å². The van der Waals surface area contributed by atoms with E-state index >= 15 is 0 Å². The number of nitrogens with one attached hydrogen (secondary N) is 2. The van der Waals surface area contributed by atoms with Gasteiger partial charge in [-0.3, -0.25) is 14.2 Å². The maximum absolute atomic E-state index is 13.4. The third kappa shape index (κ3) is 7.16. The van der Waals surface area contributed by atoms with Gasteiger partial charge in [0, 0.05) is 5.56 Å². The molecule has 4 rings (SSSR count). The number of halogens is 3. The van der Waals surface area contributed by atoms with Crippen molar-refractivity contribution in [1.82, 2.24) is 20.1 Å². The number of alkyl halides is 3. The molecule has 4 aromatic rings. The normalized spacial score (nSPS) is 11.1. The monoisotopic (exact) mass is 631 g/mol. The second-order valence-electron chi connectivity index (χ2n) is 8.88. The van der Waals surface area contributed by atoms with Crippen LogP contribution in [0.1, 0.15) is 21.7 Å². The van der Waals surface area contributed by atoms with Crippen molar-refractivity contribution >= 4 is 29.3 Å². The van der Waals surface area contributed by atoms with Crippen LogP contribution in [0.5, 0.6) is 23.0 Å². The molecule has 0 bridgehead atoms. The summed E-state index contributed by atoms with van der Waals surface area (Å²) in [5.74, 6) is 0.227. The SMILES string of the molecule is COc1ccccc1-n1c(CNC(=O)c2cc(OC)c(OC)c(OC)c2)nnc1SCC(=O)Nc1ccccc1C(F)(F)F. The zero-order valence-electron chi connectivity index (χ0n) is 24.0. The average molecular weight is 632 g/mol. The lowest BCUT2D eigenvalue weighted by molar-refractivity contribution is -0.137. The van der Waals surface area contributed by atoms with Crippen LogP contribution in [-0.2, 0) is 17.5 Å². The molecule has 44 heavy (non-hydrogen) atoms. The number of anilines is 1. The molecular weight excluding hydrogens is 603 g/mol. The Kier molecular flexibility index (Phi) is 10.2. The lowest BCUT2D eigenvalue weighted by Crippen LogP contribution is -2.25. The van der Waals surface area contributed by atoms with E-state index in [1.807, 2.05) is 0 Å². The van der Waals surface area contributed by atoms with Gasteiger partial charge in [0.1, 0.15) is 5.75 Å². The van der Waals surface area contributed by atoms with Crippen LogP contribution in [0.4, 0.5) is 18.9 Å². The van der Waals surface area contributed by atoms with Gasteiger partial charge in [-0.25, -0.2) is 0 Å². The van der Waals surface area contributed by atoms with E-state index in [1.54, 1.807) is 28.8 Å². The van der Waals surface area contributed by atoms with Crippen LogP contribution in [0, 0.1) is 0 Å². The highest BCUT2D eigenvalue weighted by molar-refractivity contribution is 7.99. The minimum absolute atomic E-state index is 0.0910. The fourth-order valence-corrected chi connectivity index (χ4v) is 4.96. The third-order valence-electron chi connectivity index (χ3n) is 6.20. The first kappa shape index (κ1) is 32.0. The third-order valence-corrected chi connectivity index (χ3v) is 7.13. The smallest absolute Gasteiger partial charge is 0.418 e. The number of amides is 2. The molecule has 0 unspecified atom stereocenters. The van der Waals surface area contributed by atoms with E-state index in [0.717, 1.165) is 17.8 Å². The van der Waals surface area contributed by atoms with Crippen LogP contribution in [0.25, 0.3) is 5.69 Å². The molecule has 232 valence electrons. The molecule has 0 aliphatic rings. The Hall–Kier alpha value is -4.92. The first-order chi connectivity index (χ1) is 21.1. The quantitative estimate of drug-likeness (QED) is 0.208. The minimum atomic E-state index is -4.64. The van der Waals surface area contributed by atoms with Crippen molar-refractivity contribution in [3.05, 3.63) is 77.6 Å². The number of ether oxygens (including phenoxy) is 4. The highest BCUT2D eigenvalue weighted by Gasteiger charge is 2.33. The predicted octanol–water partition coefficient (Wildman–Crippen LogP) is 4.98. The largest absolute Gasteiger partial charge is 0.495 e. The number of carbonyl (C=O) groups is 2. The van der Waals surface area contributed by atoms with Gasteiger partial charge >= 0.3 is 6.18 Å². The van der Waals surface area contributed by atoms with Crippen LogP contribution in [0.3, 0.4) is 0 Å². The van der Waals surface area contributed by atoms with Crippen molar-refractivity contribution in [3.8, 4) is 28.7 Å². The number of thioether (sulfide) groups is 1. The molecule has 0 saturated heterocycles. The first-order valence-electron chi connectivity index (χ1n) is 12.9. The van der Waals surface area contributed by atoms with Gasteiger partial charge in [-0.05, 0) is 36.4 Å². The van der Waals surface area contributed by atoms with Crippen molar-refractivity contribution in [1.29, 1.82) is 0 Å². The molecule has 1 aromatic heterocycles. The number of aromatic nitrogens is 3. The van der Waals surface area contributed by atoms with Crippen LogP contribution >= 0.6 is 11.8 Å². The van der Waals surface area contributed by atoms with E-state index in [2.05, 4.69) is 20.8 Å². The predicted molar refractivity (Wildman–Crippen MR) is 156 cm³/mol. The standard InChI is InChI=1S/C29H28F3N5O6S/c1-40-21-12-8-7-11-20(21)37-24(15-33-27(39)17-13-22(41-2)26(43-4)23(14-17)42-3)35-36-28(37)44-16-25(38)34-19-10-6-5-9-18(19)29(30,31)32/h5-14H,15-16H2,1-4H3,(H,33,39)(H,34,38). The van der Waals surface area contributed by atoms with Crippen molar-refractivity contribution < 1.29 is 41.7 Å². The molecular formula is C29H28F3N5O6S. The summed E-state index contributed by atoms with van der Waals surface area (Å²) in [5.41, 5.74) is -0.566. The summed E-state index contributed by atoms with van der Waals surface area (Å²) in [6, 6.07) is 14.7. The Labute approximate surface area is 254 Å². The zero-order chi connectivity index (χ0) is 31.9. The molecule has 0 fully saturated rings. The highest BCUT2D eigenvalue weighted by Crippen LogP contribution is 2.38.